The number of H-pyrrole nitrogens is 1. The van der Waals surface area contributed by atoms with Crippen molar-refractivity contribution in [1.82, 2.24) is 14.1 Å². The van der Waals surface area contributed by atoms with Crippen molar-refractivity contribution in [3.8, 4) is 33.8 Å². The van der Waals surface area contributed by atoms with Crippen LogP contribution in [0.25, 0.3) is 99.4 Å². The number of nitrogens with zero attached hydrogens (tertiary/aromatic N) is 2. The molecule has 0 saturated carbocycles. The molecule has 0 amide bonds. The number of hydrogen-bond donors (Lipinski definition) is 1. The first-order valence-corrected chi connectivity index (χ1v) is 22.1. The molecule has 9 aromatic carbocycles. The number of aromatic amines is 1. The van der Waals surface area contributed by atoms with E-state index >= 15 is 0 Å². The smallest absolute Gasteiger partial charge is 0.216 e. The van der Waals surface area contributed by atoms with Crippen LogP contribution in [0.5, 0.6) is 0 Å². The van der Waals surface area contributed by atoms with Crippen LogP contribution in [-0.4, -0.2) is 14.1 Å². The van der Waals surface area contributed by atoms with Crippen molar-refractivity contribution in [2.45, 2.75) is 5.41 Å². The number of benzene rings is 9. The summed E-state index contributed by atoms with van der Waals surface area (Å²) < 4.78 is 11.3. The standard InChI is InChI=1S/C60H37N3O2/c64-59-45-27-13-17-31-49(45)65-50-36-51(61-56(50)59)63-48-30-16-11-25-43(48)53-52-42-24-10-14-28-46(42)60(39-20-6-2-7-21-39,40-22-8-3-9-23-40)55(52)58-54(57(53)63)44-26-12-15-29-47(44)62(58)41-34-32-38(33-35-41)37-18-4-1-5-19-37/h1-36,61H. The summed E-state index contributed by atoms with van der Waals surface area (Å²) in [4.78, 5) is 17.8. The van der Waals surface area contributed by atoms with Crippen LogP contribution >= 0.6 is 0 Å². The third kappa shape index (κ3) is 4.79. The normalized spacial score (nSPS) is 13.1. The second kappa shape index (κ2) is 13.4. The Bertz CT molecular complexity index is 4080. The summed E-state index contributed by atoms with van der Waals surface area (Å²) in [6.07, 6.45) is 0. The molecule has 304 valence electrons. The van der Waals surface area contributed by atoms with Gasteiger partial charge in [-0.1, -0.05) is 176 Å². The van der Waals surface area contributed by atoms with Gasteiger partial charge in [0.05, 0.1) is 32.9 Å². The molecule has 4 heterocycles. The van der Waals surface area contributed by atoms with Gasteiger partial charge in [-0.2, -0.15) is 0 Å². The van der Waals surface area contributed by atoms with Crippen LogP contribution in [0.3, 0.4) is 0 Å². The zero-order valence-corrected chi connectivity index (χ0v) is 35.0. The molecule has 14 rings (SSSR count). The molecular weight excluding hydrogens is 795 g/mol. The topological polar surface area (TPSA) is 55.9 Å². The van der Waals surface area contributed by atoms with Gasteiger partial charge < -0.3 is 14.0 Å². The highest BCUT2D eigenvalue weighted by Crippen LogP contribution is 2.62. The lowest BCUT2D eigenvalue weighted by Gasteiger charge is -2.34. The molecule has 4 aromatic heterocycles. The maximum absolute atomic E-state index is 14.2. The van der Waals surface area contributed by atoms with Gasteiger partial charge in [-0.05, 0) is 75.3 Å². The predicted octanol–water partition coefficient (Wildman–Crippen LogP) is 14.5. The molecule has 0 aliphatic heterocycles. The summed E-state index contributed by atoms with van der Waals surface area (Å²) in [5.74, 6) is 0.760. The van der Waals surface area contributed by atoms with Gasteiger partial charge in [-0.3, -0.25) is 9.36 Å². The summed E-state index contributed by atoms with van der Waals surface area (Å²) >= 11 is 0. The van der Waals surface area contributed by atoms with E-state index in [1.807, 2.05) is 30.3 Å². The molecule has 0 radical (unpaired) electrons. The molecule has 5 heteroatoms. The average Bonchev–Trinajstić information content (AvgIpc) is 4.12. The predicted molar refractivity (Wildman–Crippen MR) is 266 cm³/mol. The van der Waals surface area contributed by atoms with Gasteiger partial charge in [0.1, 0.15) is 16.9 Å². The minimum absolute atomic E-state index is 0.0834. The average molecular weight is 832 g/mol. The molecular formula is C60H37N3O2. The van der Waals surface area contributed by atoms with Crippen LogP contribution in [0.1, 0.15) is 22.3 Å². The second-order valence-corrected chi connectivity index (χ2v) is 17.2. The van der Waals surface area contributed by atoms with E-state index < -0.39 is 5.41 Å². The lowest BCUT2D eigenvalue weighted by Crippen LogP contribution is -2.29. The molecule has 5 nitrogen and oxygen atoms in total. The van der Waals surface area contributed by atoms with E-state index in [9.17, 15) is 4.79 Å². The SMILES string of the molecule is O=c1c2ccccc2oc2cc(-n3c4ccccc4c4c5c(c6c(c7ccccc7n6-c6ccc(-c7ccccc7)cc6)c43)C(c3ccccc3)(c3ccccc3)c3ccccc3-5)[nH]c12. The monoisotopic (exact) mass is 831 g/mol. The van der Waals surface area contributed by atoms with E-state index in [1.165, 1.54) is 38.9 Å². The Kier molecular flexibility index (Phi) is 7.41. The van der Waals surface area contributed by atoms with E-state index in [2.05, 4.69) is 202 Å². The Morgan fingerprint density at radius 3 is 1.72 bits per heavy atom. The summed E-state index contributed by atoms with van der Waals surface area (Å²) in [7, 11) is 0. The molecule has 0 atom stereocenters. The summed E-state index contributed by atoms with van der Waals surface area (Å²) in [6, 6.07) is 77.8. The van der Waals surface area contributed by atoms with Crippen LogP contribution in [0.4, 0.5) is 0 Å². The van der Waals surface area contributed by atoms with Gasteiger partial charge >= 0.3 is 0 Å². The molecule has 13 aromatic rings. The number of hydrogen-bond acceptors (Lipinski definition) is 2. The Morgan fingerprint density at radius 1 is 0.462 bits per heavy atom. The molecule has 0 fully saturated rings. The minimum Gasteiger partial charge on any atom is -0.454 e. The molecule has 65 heavy (non-hydrogen) atoms. The van der Waals surface area contributed by atoms with Gasteiger partial charge in [0, 0.05) is 38.9 Å². The fourth-order valence-corrected chi connectivity index (χ4v) is 11.4. The van der Waals surface area contributed by atoms with Gasteiger partial charge in [0.15, 0.2) is 5.58 Å². The Hall–Kier alpha value is -8.67. The van der Waals surface area contributed by atoms with Crippen molar-refractivity contribution >= 4 is 65.7 Å². The van der Waals surface area contributed by atoms with Crippen LogP contribution in [-0.2, 0) is 5.41 Å². The van der Waals surface area contributed by atoms with Gasteiger partial charge in [0.25, 0.3) is 0 Å². The highest BCUT2D eigenvalue weighted by Gasteiger charge is 2.50. The lowest BCUT2D eigenvalue weighted by atomic mass is 9.67. The van der Waals surface area contributed by atoms with Crippen molar-refractivity contribution in [2.75, 3.05) is 0 Å². The quantitative estimate of drug-likeness (QED) is 0.188. The van der Waals surface area contributed by atoms with Crippen molar-refractivity contribution in [2.24, 2.45) is 0 Å². The zero-order chi connectivity index (χ0) is 42.8. The Morgan fingerprint density at radius 2 is 1.02 bits per heavy atom. The van der Waals surface area contributed by atoms with Crippen LogP contribution < -0.4 is 5.43 Å². The minimum atomic E-state index is -0.711. The summed E-state index contributed by atoms with van der Waals surface area (Å²) in [6.45, 7) is 0. The number of nitrogens with one attached hydrogen (secondary N) is 1. The summed E-state index contributed by atoms with van der Waals surface area (Å²) in [5.41, 5.74) is 15.7. The lowest BCUT2D eigenvalue weighted by molar-refractivity contribution is 0.660. The second-order valence-electron chi connectivity index (χ2n) is 17.2. The molecule has 0 spiro atoms. The fraction of sp³-hybridized carbons (Fsp3) is 0.0167. The van der Waals surface area contributed by atoms with Gasteiger partial charge in [0.2, 0.25) is 5.43 Å². The molecule has 0 unspecified atom stereocenters. The molecule has 1 aliphatic carbocycles. The first-order chi connectivity index (χ1) is 32.2. The van der Waals surface area contributed by atoms with Crippen molar-refractivity contribution in [3.05, 3.63) is 251 Å². The molecule has 1 N–H and O–H groups in total. The number of fused-ring (bicyclic) bond motifs is 14. The van der Waals surface area contributed by atoms with Gasteiger partial charge in [-0.15, -0.1) is 0 Å². The van der Waals surface area contributed by atoms with E-state index in [0.717, 1.165) is 60.7 Å². The van der Waals surface area contributed by atoms with E-state index in [-0.39, 0.29) is 5.43 Å². The van der Waals surface area contributed by atoms with E-state index in [4.69, 9.17) is 4.42 Å². The largest absolute Gasteiger partial charge is 0.454 e. The van der Waals surface area contributed by atoms with Gasteiger partial charge in [-0.25, -0.2) is 0 Å². The molecule has 0 saturated heterocycles. The first-order valence-electron chi connectivity index (χ1n) is 22.1. The van der Waals surface area contributed by atoms with Crippen molar-refractivity contribution in [1.29, 1.82) is 0 Å². The third-order valence-corrected chi connectivity index (χ3v) is 13.9. The number of aromatic nitrogens is 3. The number of rotatable bonds is 5. The molecule has 0 bridgehead atoms. The van der Waals surface area contributed by atoms with Crippen LogP contribution in [0.2, 0.25) is 0 Å². The first kappa shape index (κ1) is 35.9. The fourth-order valence-electron chi connectivity index (χ4n) is 11.4. The maximum Gasteiger partial charge on any atom is 0.216 e. The maximum atomic E-state index is 14.2. The number of para-hydroxylation sites is 3. The molecule has 1 aliphatic rings. The highest BCUT2D eigenvalue weighted by molar-refractivity contribution is 6.32. The van der Waals surface area contributed by atoms with E-state index in [0.29, 0.717) is 22.1 Å². The third-order valence-electron chi connectivity index (χ3n) is 13.9. The highest BCUT2D eigenvalue weighted by atomic mass is 16.3. The summed E-state index contributed by atoms with van der Waals surface area (Å²) in [5, 5.41) is 5.10. The van der Waals surface area contributed by atoms with Crippen LogP contribution in [0, 0.1) is 0 Å². The van der Waals surface area contributed by atoms with Crippen molar-refractivity contribution < 1.29 is 4.42 Å². The van der Waals surface area contributed by atoms with E-state index in [1.54, 1.807) is 0 Å². The van der Waals surface area contributed by atoms with Crippen molar-refractivity contribution in [3.63, 3.8) is 0 Å². The van der Waals surface area contributed by atoms with Crippen LogP contribution in [0.15, 0.2) is 228 Å². The Balaban J connectivity index is 1.24. The Labute approximate surface area is 372 Å². The zero-order valence-electron chi connectivity index (χ0n) is 35.0.